The van der Waals surface area contributed by atoms with Crippen LogP contribution in [0.25, 0.3) is 0 Å². The monoisotopic (exact) mass is 411 g/mol. The highest BCUT2D eigenvalue weighted by Crippen LogP contribution is 2.30. The number of anilines is 1. The largest absolute Gasteiger partial charge is 0.324 e. The van der Waals surface area contributed by atoms with E-state index >= 15 is 0 Å². The molecule has 27 heavy (non-hydrogen) atoms. The maximum Gasteiger partial charge on any atom is 0.280 e. The Bertz CT molecular complexity index is 988. The quantitative estimate of drug-likeness (QED) is 0.806. The standard InChI is InChI=1S/C17H22ClN5O3S/c1-10-13(18)6-5-7-14(10)19-17(24)16-8-15(21-27(25,26)23(16)4)12-9-22(3)20-11(12)2/h5-7,9,15-16,21H,8H2,1-4H3,(H,19,24)/t15-,16+/m1/s1. The van der Waals surface area contributed by atoms with Gasteiger partial charge in [-0.2, -0.15) is 22.5 Å². The van der Waals surface area contributed by atoms with Crippen LogP contribution in [0.2, 0.25) is 5.02 Å². The second kappa shape index (κ2) is 7.23. The summed E-state index contributed by atoms with van der Waals surface area (Å²) in [6, 6.07) is 3.80. The summed E-state index contributed by atoms with van der Waals surface area (Å²) in [5.41, 5.74) is 2.77. The Morgan fingerprint density at radius 2 is 2.04 bits per heavy atom. The summed E-state index contributed by atoms with van der Waals surface area (Å²) in [6.07, 6.45) is 2.05. The Morgan fingerprint density at radius 3 is 2.67 bits per heavy atom. The molecule has 1 amide bonds. The predicted octanol–water partition coefficient (Wildman–Crippen LogP) is 1.91. The molecule has 2 N–H and O–H groups in total. The van der Waals surface area contributed by atoms with Crippen LogP contribution in [0.3, 0.4) is 0 Å². The van der Waals surface area contributed by atoms with Gasteiger partial charge in [0.15, 0.2) is 0 Å². The third-order valence-electron chi connectivity index (χ3n) is 4.82. The predicted molar refractivity (Wildman–Crippen MR) is 104 cm³/mol. The topological polar surface area (TPSA) is 96.3 Å². The highest BCUT2D eigenvalue weighted by atomic mass is 35.5. The summed E-state index contributed by atoms with van der Waals surface area (Å²) in [4.78, 5) is 12.9. The number of likely N-dealkylation sites (N-methyl/N-ethyl adjacent to an activating group) is 1. The highest BCUT2D eigenvalue weighted by Gasteiger charge is 2.41. The highest BCUT2D eigenvalue weighted by molar-refractivity contribution is 7.87. The van der Waals surface area contributed by atoms with E-state index in [9.17, 15) is 13.2 Å². The van der Waals surface area contributed by atoms with Crippen molar-refractivity contribution in [2.75, 3.05) is 12.4 Å². The van der Waals surface area contributed by atoms with Crippen LogP contribution >= 0.6 is 11.6 Å². The van der Waals surface area contributed by atoms with Gasteiger partial charge in [0.25, 0.3) is 10.2 Å². The number of aryl methyl sites for hydroxylation is 2. The average molecular weight is 412 g/mol. The van der Waals surface area contributed by atoms with Crippen LogP contribution in [0, 0.1) is 13.8 Å². The molecule has 0 saturated carbocycles. The van der Waals surface area contributed by atoms with Crippen molar-refractivity contribution >= 4 is 33.4 Å². The first-order valence-corrected chi connectivity index (χ1v) is 10.2. The normalized spacial score (nSPS) is 22.6. The Labute approximate surface area is 163 Å². The number of carbonyl (C=O) groups is 1. The van der Waals surface area contributed by atoms with E-state index in [1.165, 1.54) is 7.05 Å². The molecule has 8 nitrogen and oxygen atoms in total. The van der Waals surface area contributed by atoms with Crippen molar-refractivity contribution in [3.05, 3.63) is 46.2 Å². The molecule has 146 valence electrons. The lowest BCUT2D eigenvalue weighted by Crippen LogP contribution is -2.56. The molecule has 2 heterocycles. The molecule has 0 aliphatic carbocycles. The molecule has 1 aromatic carbocycles. The first-order valence-electron chi connectivity index (χ1n) is 8.41. The van der Waals surface area contributed by atoms with Gasteiger partial charge in [0.2, 0.25) is 5.91 Å². The molecule has 3 rings (SSSR count). The zero-order chi connectivity index (χ0) is 19.9. The number of halogens is 1. The Kier molecular flexibility index (Phi) is 5.31. The van der Waals surface area contributed by atoms with Crippen molar-refractivity contribution in [2.24, 2.45) is 7.05 Å². The molecule has 0 radical (unpaired) electrons. The number of nitrogens with one attached hydrogen (secondary N) is 2. The third kappa shape index (κ3) is 3.86. The summed E-state index contributed by atoms with van der Waals surface area (Å²) in [6.45, 7) is 3.61. The van der Waals surface area contributed by atoms with Gasteiger partial charge in [-0.3, -0.25) is 9.48 Å². The summed E-state index contributed by atoms with van der Waals surface area (Å²) in [7, 11) is -0.649. The molecule has 1 aliphatic rings. The van der Waals surface area contributed by atoms with Gasteiger partial charge in [-0.25, -0.2) is 0 Å². The number of nitrogens with zero attached hydrogens (tertiary/aromatic N) is 3. The van der Waals surface area contributed by atoms with E-state index < -0.39 is 28.2 Å². The number of rotatable bonds is 3. The third-order valence-corrected chi connectivity index (χ3v) is 6.83. The fraction of sp³-hybridized carbons (Fsp3) is 0.412. The Morgan fingerprint density at radius 1 is 1.33 bits per heavy atom. The van der Waals surface area contributed by atoms with E-state index in [1.54, 1.807) is 43.0 Å². The molecule has 2 atom stereocenters. The van der Waals surface area contributed by atoms with Gasteiger partial charge < -0.3 is 5.32 Å². The average Bonchev–Trinajstić information content (AvgIpc) is 2.92. The SMILES string of the molecule is Cc1nn(C)cc1[C@H]1C[C@@H](C(=O)Nc2cccc(Cl)c2C)N(C)S(=O)(=O)N1. The summed E-state index contributed by atoms with van der Waals surface area (Å²) < 4.78 is 30.4. The van der Waals surface area contributed by atoms with Gasteiger partial charge in [-0.1, -0.05) is 17.7 Å². The lowest BCUT2D eigenvalue weighted by molar-refractivity contribution is -0.120. The minimum absolute atomic E-state index is 0.285. The van der Waals surface area contributed by atoms with Gasteiger partial charge >= 0.3 is 0 Å². The van der Waals surface area contributed by atoms with Gasteiger partial charge in [0.05, 0.1) is 11.7 Å². The van der Waals surface area contributed by atoms with Crippen molar-refractivity contribution in [1.29, 1.82) is 0 Å². The second-order valence-electron chi connectivity index (χ2n) is 6.69. The van der Waals surface area contributed by atoms with E-state index in [2.05, 4.69) is 15.1 Å². The molecule has 0 spiro atoms. The molecule has 2 aromatic rings. The van der Waals surface area contributed by atoms with E-state index in [4.69, 9.17) is 11.6 Å². The maximum absolute atomic E-state index is 12.9. The van der Waals surface area contributed by atoms with Crippen molar-refractivity contribution in [3.63, 3.8) is 0 Å². The molecule has 0 bridgehead atoms. The van der Waals surface area contributed by atoms with Gasteiger partial charge in [-0.15, -0.1) is 0 Å². The lowest BCUT2D eigenvalue weighted by atomic mass is 10.00. The van der Waals surface area contributed by atoms with Gasteiger partial charge in [-0.05, 0) is 38.0 Å². The molecular weight excluding hydrogens is 390 g/mol. The fourth-order valence-corrected chi connectivity index (χ4v) is 4.67. The summed E-state index contributed by atoms with van der Waals surface area (Å²) >= 11 is 6.10. The summed E-state index contributed by atoms with van der Waals surface area (Å²) in [5.74, 6) is -0.403. The van der Waals surface area contributed by atoms with E-state index in [-0.39, 0.29) is 6.42 Å². The second-order valence-corrected chi connectivity index (χ2v) is 8.86. The molecule has 0 unspecified atom stereocenters. The van der Waals surface area contributed by atoms with Gasteiger partial charge in [0.1, 0.15) is 6.04 Å². The number of aromatic nitrogens is 2. The van der Waals surface area contributed by atoms with Crippen molar-refractivity contribution in [1.82, 2.24) is 18.8 Å². The van der Waals surface area contributed by atoms with Crippen molar-refractivity contribution in [3.8, 4) is 0 Å². The molecule has 1 aliphatic heterocycles. The van der Waals surface area contributed by atoms with Crippen LogP contribution in [-0.2, 0) is 22.1 Å². The first kappa shape index (κ1) is 19.8. The van der Waals surface area contributed by atoms with Crippen LogP contribution in [0.15, 0.2) is 24.4 Å². The number of benzene rings is 1. The number of carbonyl (C=O) groups excluding carboxylic acids is 1. The van der Waals surface area contributed by atoms with E-state index in [1.807, 2.05) is 6.92 Å². The minimum atomic E-state index is -3.81. The summed E-state index contributed by atoms with van der Waals surface area (Å²) in [5, 5.41) is 7.60. The molecular formula is C17H22ClN5O3S. The number of hydrogen-bond acceptors (Lipinski definition) is 4. The Balaban J connectivity index is 1.89. The van der Waals surface area contributed by atoms with Crippen LogP contribution in [0.5, 0.6) is 0 Å². The van der Waals surface area contributed by atoms with Gasteiger partial charge in [0, 0.05) is 36.6 Å². The van der Waals surface area contributed by atoms with E-state index in [0.29, 0.717) is 10.7 Å². The fourth-order valence-electron chi connectivity index (χ4n) is 3.23. The zero-order valence-corrected chi connectivity index (χ0v) is 17.1. The maximum atomic E-state index is 12.9. The van der Waals surface area contributed by atoms with Crippen LogP contribution in [0.1, 0.15) is 29.3 Å². The molecule has 1 aromatic heterocycles. The smallest absolute Gasteiger partial charge is 0.280 e. The van der Waals surface area contributed by atoms with Crippen molar-refractivity contribution in [2.45, 2.75) is 32.4 Å². The van der Waals surface area contributed by atoms with E-state index in [0.717, 1.165) is 21.1 Å². The number of hydrogen-bond donors (Lipinski definition) is 2. The minimum Gasteiger partial charge on any atom is -0.324 e. The molecule has 1 fully saturated rings. The molecule has 10 heteroatoms. The van der Waals surface area contributed by atoms with Crippen molar-refractivity contribution < 1.29 is 13.2 Å². The number of amides is 1. The van der Waals surface area contributed by atoms with Crippen LogP contribution in [-0.4, -0.2) is 41.5 Å². The van der Waals surface area contributed by atoms with Crippen LogP contribution < -0.4 is 10.0 Å². The molecule has 1 saturated heterocycles. The van der Waals surface area contributed by atoms with Crippen LogP contribution in [0.4, 0.5) is 5.69 Å². The zero-order valence-electron chi connectivity index (χ0n) is 15.5. The lowest BCUT2D eigenvalue weighted by Gasteiger charge is -2.36. The first-order chi connectivity index (χ1) is 12.6. The Hall–Kier alpha value is -1.94.